The molecule has 1 nitrogen and oxygen atoms in total. The molecule has 0 atom stereocenters. The number of aliphatic hydroxyl groups is 1. The van der Waals surface area contributed by atoms with E-state index in [9.17, 15) is 0 Å². The zero-order chi connectivity index (χ0) is 9.80. The van der Waals surface area contributed by atoms with Crippen molar-refractivity contribution < 1.29 is 5.11 Å². The van der Waals surface area contributed by atoms with E-state index in [1.165, 1.54) is 16.0 Å². The Morgan fingerprint density at radius 2 is 1.86 bits per heavy atom. The molecule has 0 saturated carbocycles. The second-order valence-electron chi connectivity index (χ2n) is 3.11. The summed E-state index contributed by atoms with van der Waals surface area (Å²) >= 11 is 1.73. The fourth-order valence-electron chi connectivity index (χ4n) is 1.50. The second-order valence-corrected chi connectivity index (χ2v) is 4.03. The zero-order valence-electron chi connectivity index (χ0n) is 7.81. The average Bonchev–Trinajstić information content (AvgIpc) is 2.68. The van der Waals surface area contributed by atoms with Gasteiger partial charge in [0.15, 0.2) is 0 Å². The van der Waals surface area contributed by atoms with Crippen LogP contribution in [0.2, 0.25) is 0 Å². The number of hydrogen-bond acceptors (Lipinski definition) is 2. The summed E-state index contributed by atoms with van der Waals surface area (Å²) in [5.41, 5.74) is 2.48. The molecule has 2 heteroatoms. The van der Waals surface area contributed by atoms with E-state index in [1.807, 2.05) is 18.2 Å². The molecule has 0 spiro atoms. The number of thiophene rings is 1. The molecule has 0 bridgehead atoms. The lowest BCUT2D eigenvalue weighted by molar-refractivity contribution is 0.300. The predicted molar refractivity (Wildman–Crippen MR) is 60.5 cm³/mol. The first kappa shape index (κ1) is 9.44. The van der Waals surface area contributed by atoms with Crippen molar-refractivity contribution in [1.29, 1.82) is 0 Å². The largest absolute Gasteiger partial charge is 0.396 e. The first-order valence-corrected chi connectivity index (χ1v) is 5.52. The molecular formula is C12H12OS. The van der Waals surface area contributed by atoms with Gasteiger partial charge in [0, 0.05) is 11.5 Å². The van der Waals surface area contributed by atoms with Gasteiger partial charge in [-0.25, -0.2) is 0 Å². The Kier molecular flexibility index (Phi) is 2.96. The quantitative estimate of drug-likeness (QED) is 0.815. The highest BCUT2D eigenvalue weighted by molar-refractivity contribution is 7.13. The molecule has 0 saturated heterocycles. The number of rotatable bonds is 3. The van der Waals surface area contributed by atoms with Gasteiger partial charge in [-0.15, -0.1) is 11.3 Å². The Morgan fingerprint density at radius 1 is 1.07 bits per heavy atom. The van der Waals surface area contributed by atoms with E-state index in [2.05, 4.69) is 23.6 Å². The van der Waals surface area contributed by atoms with Gasteiger partial charge in [-0.1, -0.05) is 30.3 Å². The molecule has 2 rings (SSSR count). The van der Waals surface area contributed by atoms with E-state index in [0.717, 1.165) is 6.42 Å². The maximum absolute atomic E-state index is 8.91. The maximum atomic E-state index is 8.91. The second kappa shape index (κ2) is 4.40. The fourth-order valence-corrected chi connectivity index (χ4v) is 2.46. The molecule has 1 aromatic carbocycles. The topological polar surface area (TPSA) is 20.2 Å². The lowest BCUT2D eigenvalue weighted by Gasteiger charge is -2.01. The van der Waals surface area contributed by atoms with Crippen LogP contribution in [-0.2, 0) is 6.42 Å². The molecular weight excluding hydrogens is 192 g/mol. The Balaban J connectivity index is 2.37. The first-order chi connectivity index (χ1) is 6.92. The van der Waals surface area contributed by atoms with Crippen molar-refractivity contribution in [3.8, 4) is 10.4 Å². The minimum Gasteiger partial charge on any atom is -0.396 e. The van der Waals surface area contributed by atoms with Crippen LogP contribution in [0, 0.1) is 0 Å². The van der Waals surface area contributed by atoms with Gasteiger partial charge in [-0.2, -0.15) is 0 Å². The van der Waals surface area contributed by atoms with Crippen LogP contribution in [0.4, 0.5) is 0 Å². The van der Waals surface area contributed by atoms with Gasteiger partial charge in [0.05, 0.1) is 0 Å². The van der Waals surface area contributed by atoms with Gasteiger partial charge < -0.3 is 5.11 Å². The van der Waals surface area contributed by atoms with Crippen LogP contribution in [0.1, 0.15) is 5.56 Å². The Morgan fingerprint density at radius 3 is 2.57 bits per heavy atom. The molecule has 0 unspecified atom stereocenters. The lowest BCUT2D eigenvalue weighted by Crippen LogP contribution is -1.89. The number of aliphatic hydroxyl groups excluding tert-OH is 1. The van der Waals surface area contributed by atoms with Crippen molar-refractivity contribution in [1.82, 2.24) is 0 Å². The molecule has 0 radical (unpaired) electrons. The molecule has 1 N–H and O–H groups in total. The van der Waals surface area contributed by atoms with Crippen LogP contribution < -0.4 is 0 Å². The Bertz CT molecular complexity index is 392. The normalized spacial score (nSPS) is 10.4. The molecule has 2 aromatic rings. The van der Waals surface area contributed by atoms with E-state index in [0.29, 0.717) is 0 Å². The van der Waals surface area contributed by atoms with E-state index >= 15 is 0 Å². The summed E-state index contributed by atoms with van der Waals surface area (Å²) in [6.07, 6.45) is 0.744. The van der Waals surface area contributed by atoms with Crippen LogP contribution in [0.25, 0.3) is 10.4 Å². The number of benzene rings is 1. The van der Waals surface area contributed by atoms with Crippen molar-refractivity contribution in [3.05, 3.63) is 47.3 Å². The van der Waals surface area contributed by atoms with Gasteiger partial charge in [0.2, 0.25) is 0 Å². The summed E-state index contributed by atoms with van der Waals surface area (Å²) < 4.78 is 0. The van der Waals surface area contributed by atoms with Crippen molar-refractivity contribution in [3.63, 3.8) is 0 Å². The standard InChI is InChI=1S/C12H12OS/c13-8-6-11-7-9-14-12(11)10-4-2-1-3-5-10/h1-5,7,9,13H,6,8H2. The summed E-state index contributed by atoms with van der Waals surface area (Å²) in [7, 11) is 0. The summed E-state index contributed by atoms with van der Waals surface area (Å²) in [5, 5.41) is 11.0. The average molecular weight is 204 g/mol. The third kappa shape index (κ3) is 1.86. The molecule has 14 heavy (non-hydrogen) atoms. The molecule has 0 aliphatic heterocycles. The predicted octanol–water partition coefficient (Wildman–Crippen LogP) is 2.95. The zero-order valence-corrected chi connectivity index (χ0v) is 8.63. The van der Waals surface area contributed by atoms with E-state index in [-0.39, 0.29) is 6.61 Å². The highest BCUT2D eigenvalue weighted by Crippen LogP contribution is 2.29. The Hall–Kier alpha value is -1.12. The molecule has 1 heterocycles. The summed E-state index contributed by atoms with van der Waals surface area (Å²) in [6.45, 7) is 0.219. The van der Waals surface area contributed by atoms with Crippen LogP contribution in [0.3, 0.4) is 0 Å². The third-order valence-corrected chi connectivity index (χ3v) is 3.17. The van der Waals surface area contributed by atoms with E-state index < -0.39 is 0 Å². The third-order valence-electron chi connectivity index (χ3n) is 2.16. The highest BCUT2D eigenvalue weighted by Gasteiger charge is 2.04. The first-order valence-electron chi connectivity index (χ1n) is 4.64. The molecule has 0 amide bonds. The van der Waals surface area contributed by atoms with Gasteiger partial charge in [-0.3, -0.25) is 0 Å². The number of hydrogen-bond donors (Lipinski definition) is 1. The summed E-state index contributed by atoms with van der Waals surface area (Å²) in [5.74, 6) is 0. The SMILES string of the molecule is OCCc1ccsc1-c1ccccc1. The smallest absolute Gasteiger partial charge is 0.0471 e. The molecule has 0 aliphatic carbocycles. The highest BCUT2D eigenvalue weighted by atomic mass is 32.1. The molecule has 0 fully saturated rings. The van der Waals surface area contributed by atoms with Crippen LogP contribution >= 0.6 is 11.3 Å². The van der Waals surface area contributed by atoms with Gasteiger partial charge in [-0.05, 0) is 29.0 Å². The van der Waals surface area contributed by atoms with Crippen LogP contribution in [0.5, 0.6) is 0 Å². The summed E-state index contributed by atoms with van der Waals surface area (Å²) in [4.78, 5) is 1.28. The van der Waals surface area contributed by atoms with Gasteiger partial charge in [0.25, 0.3) is 0 Å². The lowest BCUT2D eigenvalue weighted by atomic mass is 10.1. The monoisotopic (exact) mass is 204 g/mol. The van der Waals surface area contributed by atoms with Gasteiger partial charge in [0.1, 0.15) is 0 Å². The van der Waals surface area contributed by atoms with Crippen LogP contribution in [-0.4, -0.2) is 11.7 Å². The molecule has 1 aromatic heterocycles. The van der Waals surface area contributed by atoms with Gasteiger partial charge >= 0.3 is 0 Å². The van der Waals surface area contributed by atoms with E-state index in [4.69, 9.17) is 5.11 Å². The molecule has 72 valence electrons. The van der Waals surface area contributed by atoms with Crippen LogP contribution in [0.15, 0.2) is 41.8 Å². The minimum absolute atomic E-state index is 0.219. The van der Waals surface area contributed by atoms with Crippen molar-refractivity contribution in [2.45, 2.75) is 6.42 Å². The van der Waals surface area contributed by atoms with Crippen molar-refractivity contribution >= 4 is 11.3 Å². The minimum atomic E-state index is 0.219. The van der Waals surface area contributed by atoms with Crippen molar-refractivity contribution in [2.75, 3.05) is 6.61 Å². The van der Waals surface area contributed by atoms with Crippen molar-refractivity contribution in [2.24, 2.45) is 0 Å². The van der Waals surface area contributed by atoms with E-state index in [1.54, 1.807) is 11.3 Å². The summed E-state index contributed by atoms with van der Waals surface area (Å²) in [6, 6.07) is 12.4. The fraction of sp³-hybridized carbons (Fsp3) is 0.167. The molecule has 0 aliphatic rings. The maximum Gasteiger partial charge on any atom is 0.0471 e. The Labute approximate surface area is 87.7 Å².